The first-order valence-corrected chi connectivity index (χ1v) is 8.00. The van der Waals surface area contributed by atoms with Crippen LogP contribution in [0.15, 0.2) is 30.3 Å². The molecular formula is C18H30N2. The monoisotopic (exact) mass is 274 g/mol. The van der Waals surface area contributed by atoms with Gasteiger partial charge in [0.05, 0.1) is 0 Å². The average Bonchev–Trinajstić information content (AvgIpc) is 2.32. The van der Waals surface area contributed by atoms with Gasteiger partial charge >= 0.3 is 0 Å². The molecular weight excluding hydrogens is 244 g/mol. The van der Waals surface area contributed by atoms with Crippen molar-refractivity contribution in [3.05, 3.63) is 35.9 Å². The van der Waals surface area contributed by atoms with E-state index in [0.717, 1.165) is 18.4 Å². The van der Waals surface area contributed by atoms with Gasteiger partial charge in [0.1, 0.15) is 0 Å². The summed E-state index contributed by atoms with van der Waals surface area (Å²) >= 11 is 0. The van der Waals surface area contributed by atoms with Crippen LogP contribution in [0.2, 0.25) is 0 Å². The smallest absolute Gasteiger partial charge is 0.0199 e. The van der Waals surface area contributed by atoms with E-state index in [9.17, 15) is 0 Å². The van der Waals surface area contributed by atoms with Gasteiger partial charge in [-0.3, -0.25) is 0 Å². The summed E-state index contributed by atoms with van der Waals surface area (Å²) in [4.78, 5) is 2.30. The maximum absolute atomic E-state index is 3.87. The van der Waals surface area contributed by atoms with E-state index >= 15 is 0 Å². The molecule has 2 nitrogen and oxygen atoms in total. The summed E-state index contributed by atoms with van der Waals surface area (Å²) in [5.74, 6) is 1.53. The van der Waals surface area contributed by atoms with Gasteiger partial charge in [0.15, 0.2) is 0 Å². The molecule has 20 heavy (non-hydrogen) atoms. The molecule has 1 aromatic carbocycles. The standard InChI is InChI=1S/C18H30N2/c1-14(2)10-18(13-20(3)4)19-17-11-16(12-17)15-8-6-5-7-9-15/h5-9,14,16-19H,10-13H2,1-4H3. The van der Waals surface area contributed by atoms with Gasteiger partial charge in [0.2, 0.25) is 0 Å². The maximum Gasteiger partial charge on any atom is 0.0199 e. The highest BCUT2D eigenvalue weighted by Gasteiger charge is 2.31. The van der Waals surface area contributed by atoms with Crippen LogP contribution < -0.4 is 5.32 Å². The Morgan fingerprint density at radius 2 is 1.80 bits per heavy atom. The zero-order valence-electron chi connectivity index (χ0n) is 13.5. The van der Waals surface area contributed by atoms with E-state index in [1.165, 1.54) is 24.8 Å². The quantitative estimate of drug-likeness (QED) is 0.818. The first kappa shape index (κ1) is 15.5. The molecule has 0 aromatic heterocycles. The van der Waals surface area contributed by atoms with Crippen LogP contribution in [0.25, 0.3) is 0 Å². The Morgan fingerprint density at radius 1 is 1.15 bits per heavy atom. The Hall–Kier alpha value is -0.860. The topological polar surface area (TPSA) is 15.3 Å². The van der Waals surface area contributed by atoms with E-state index in [-0.39, 0.29) is 0 Å². The zero-order valence-corrected chi connectivity index (χ0v) is 13.5. The number of likely N-dealkylation sites (N-methyl/N-ethyl adjacent to an activating group) is 1. The van der Waals surface area contributed by atoms with Crippen molar-refractivity contribution < 1.29 is 0 Å². The Morgan fingerprint density at radius 3 is 2.35 bits per heavy atom. The Labute approximate surface area is 124 Å². The second kappa shape index (κ2) is 7.24. The molecule has 0 heterocycles. The molecule has 2 heteroatoms. The van der Waals surface area contributed by atoms with E-state index in [4.69, 9.17) is 0 Å². The van der Waals surface area contributed by atoms with Crippen molar-refractivity contribution in [2.45, 2.75) is 51.1 Å². The molecule has 1 atom stereocenters. The van der Waals surface area contributed by atoms with Crippen LogP contribution in [0, 0.1) is 5.92 Å². The van der Waals surface area contributed by atoms with Crippen molar-refractivity contribution in [2.75, 3.05) is 20.6 Å². The molecule has 1 N–H and O–H groups in total. The SMILES string of the molecule is CC(C)CC(CN(C)C)NC1CC(c2ccccc2)C1. The average molecular weight is 274 g/mol. The molecule has 1 aliphatic carbocycles. The molecule has 0 bridgehead atoms. The molecule has 0 amide bonds. The number of nitrogens with zero attached hydrogens (tertiary/aromatic N) is 1. The summed E-state index contributed by atoms with van der Waals surface area (Å²) in [6.07, 6.45) is 3.86. The molecule has 1 unspecified atom stereocenters. The van der Waals surface area contributed by atoms with Gasteiger partial charge in [-0.2, -0.15) is 0 Å². The van der Waals surface area contributed by atoms with E-state index in [1.807, 2.05) is 0 Å². The molecule has 112 valence electrons. The van der Waals surface area contributed by atoms with Crippen molar-refractivity contribution >= 4 is 0 Å². The minimum absolute atomic E-state index is 0.631. The zero-order chi connectivity index (χ0) is 14.5. The fourth-order valence-corrected chi connectivity index (χ4v) is 3.29. The summed E-state index contributed by atoms with van der Waals surface area (Å²) in [5.41, 5.74) is 1.51. The van der Waals surface area contributed by atoms with E-state index in [1.54, 1.807) is 0 Å². The van der Waals surface area contributed by atoms with Crippen LogP contribution >= 0.6 is 0 Å². The Balaban J connectivity index is 1.79. The highest BCUT2D eigenvalue weighted by molar-refractivity contribution is 5.22. The number of benzene rings is 1. The summed E-state index contributed by atoms with van der Waals surface area (Å²) in [6, 6.07) is 12.3. The number of nitrogens with one attached hydrogen (secondary N) is 1. The highest BCUT2D eigenvalue weighted by atomic mass is 15.1. The second-order valence-electron chi connectivity index (χ2n) is 7.03. The van der Waals surface area contributed by atoms with Crippen LogP contribution in [0.1, 0.15) is 44.6 Å². The van der Waals surface area contributed by atoms with Gasteiger partial charge in [-0.15, -0.1) is 0 Å². The summed E-state index contributed by atoms with van der Waals surface area (Å²) in [7, 11) is 4.34. The molecule has 2 rings (SSSR count). The Kier molecular flexibility index (Phi) is 5.62. The molecule has 1 aliphatic rings. The molecule has 1 aromatic rings. The number of rotatable bonds is 7. The van der Waals surface area contributed by atoms with Crippen molar-refractivity contribution in [3.63, 3.8) is 0 Å². The predicted octanol–water partition coefficient (Wildman–Crippen LogP) is 3.50. The third kappa shape index (κ3) is 4.60. The van der Waals surface area contributed by atoms with Crippen LogP contribution in [-0.4, -0.2) is 37.6 Å². The molecule has 0 aliphatic heterocycles. The normalized spacial score (nSPS) is 23.9. The summed E-state index contributed by atoms with van der Waals surface area (Å²) in [6.45, 7) is 5.78. The number of hydrogen-bond acceptors (Lipinski definition) is 2. The minimum atomic E-state index is 0.631. The van der Waals surface area contributed by atoms with Crippen molar-refractivity contribution in [2.24, 2.45) is 5.92 Å². The fraction of sp³-hybridized carbons (Fsp3) is 0.667. The van der Waals surface area contributed by atoms with Crippen molar-refractivity contribution in [1.82, 2.24) is 10.2 Å². The molecule has 0 radical (unpaired) electrons. The predicted molar refractivity (Wildman–Crippen MR) is 87.1 cm³/mol. The van der Waals surface area contributed by atoms with Gasteiger partial charge < -0.3 is 10.2 Å². The van der Waals surface area contributed by atoms with E-state index in [2.05, 4.69) is 68.5 Å². The van der Waals surface area contributed by atoms with Crippen LogP contribution in [0.5, 0.6) is 0 Å². The second-order valence-corrected chi connectivity index (χ2v) is 7.03. The molecule has 1 fully saturated rings. The summed E-state index contributed by atoms with van der Waals surface area (Å²) in [5, 5.41) is 3.87. The van der Waals surface area contributed by atoms with Crippen LogP contribution in [0.3, 0.4) is 0 Å². The van der Waals surface area contributed by atoms with Crippen molar-refractivity contribution in [1.29, 1.82) is 0 Å². The molecule has 0 saturated heterocycles. The molecule has 0 spiro atoms. The lowest BCUT2D eigenvalue weighted by Gasteiger charge is -2.39. The fourth-order valence-electron chi connectivity index (χ4n) is 3.29. The largest absolute Gasteiger partial charge is 0.310 e. The lowest BCUT2D eigenvalue weighted by Crippen LogP contribution is -2.49. The van der Waals surface area contributed by atoms with Crippen LogP contribution in [0.4, 0.5) is 0 Å². The molecule has 1 saturated carbocycles. The van der Waals surface area contributed by atoms with E-state index in [0.29, 0.717) is 12.1 Å². The van der Waals surface area contributed by atoms with Gasteiger partial charge in [-0.25, -0.2) is 0 Å². The van der Waals surface area contributed by atoms with Gasteiger partial charge in [0.25, 0.3) is 0 Å². The van der Waals surface area contributed by atoms with Gasteiger partial charge in [-0.1, -0.05) is 44.2 Å². The van der Waals surface area contributed by atoms with Crippen molar-refractivity contribution in [3.8, 4) is 0 Å². The maximum atomic E-state index is 3.87. The third-order valence-corrected chi connectivity index (χ3v) is 4.22. The lowest BCUT2D eigenvalue weighted by molar-refractivity contribution is 0.222. The first-order valence-electron chi connectivity index (χ1n) is 8.00. The van der Waals surface area contributed by atoms with E-state index < -0.39 is 0 Å². The summed E-state index contributed by atoms with van der Waals surface area (Å²) < 4.78 is 0. The third-order valence-electron chi connectivity index (χ3n) is 4.22. The highest BCUT2D eigenvalue weighted by Crippen LogP contribution is 2.37. The van der Waals surface area contributed by atoms with Crippen LogP contribution in [-0.2, 0) is 0 Å². The minimum Gasteiger partial charge on any atom is -0.310 e. The first-order chi connectivity index (χ1) is 9.54. The van der Waals surface area contributed by atoms with Gasteiger partial charge in [0, 0.05) is 18.6 Å². The number of hydrogen-bond donors (Lipinski definition) is 1. The van der Waals surface area contributed by atoms with Gasteiger partial charge in [-0.05, 0) is 50.8 Å². The lowest BCUT2D eigenvalue weighted by atomic mass is 9.75. The Bertz CT molecular complexity index is 370.